The number of rotatable bonds is 6. The van der Waals surface area contributed by atoms with Gasteiger partial charge < -0.3 is 15.5 Å². The monoisotopic (exact) mass is 295 g/mol. The maximum atomic E-state index is 13.5. The van der Waals surface area contributed by atoms with Gasteiger partial charge in [0.25, 0.3) is 0 Å². The Hall–Kier alpha value is -1.95. The van der Waals surface area contributed by atoms with Gasteiger partial charge in [-0.15, -0.1) is 0 Å². The average Bonchev–Trinajstić information content (AvgIpc) is 2.40. The van der Waals surface area contributed by atoms with Gasteiger partial charge in [-0.3, -0.25) is 9.59 Å². The van der Waals surface area contributed by atoms with Crippen LogP contribution in [-0.4, -0.2) is 43.9 Å². The van der Waals surface area contributed by atoms with Gasteiger partial charge >= 0.3 is 0 Å². The van der Waals surface area contributed by atoms with Crippen molar-refractivity contribution < 1.29 is 14.0 Å². The van der Waals surface area contributed by atoms with Crippen molar-refractivity contribution in [2.24, 2.45) is 5.41 Å². The number of benzene rings is 1. The molecule has 0 saturated heterocycles. The molecule has 6 heteroatoms. The standard InChI is InChI=1S/C15H22FN3O2/c1-15(2,13(20)17-9-10-19(3)4)14(21)18-12-8-6-5-7-11(12)16/h5-8H,9-10H2,1-4H3,(H,17,20)(H,18,21). The van der Waals surface area contributed by atoms with Gasteiger partial charge in [0, 0.05) is 13.1 Å². The minimum absolute atomic E-state index is 0.0664. The molecule has 21 heavy (non-hydrogen) atoms. The number of nitrogens with zero attached hydrogens (tertiary/aromatic N) is 1. The Labute approximate surface area is 124 Å². The Morgan fingerprint density at radius 3 is 2.38 bits per heavy atom. The van der Waals surface area contributed by atoms with Crippen molar-refractivity contribution in [3.05, 3.63) is 30.1 Å². The molecule has 0 heterocycles. The molecule has 0 spiro atoms. The molecule has 1 rings (SSSR count). The van der Waals surface area contributed by atoms with Crippen molar-refractivity contribution in [3.63, 3.8) is 0 Å². The summed E-state index contributed by atoms with van der Waals surface area (Å²) in [5.41, 5.74) is -1.22. The number of nitrogens with one attached hydrogen (secondary N) is 2. The maximum Gasteiger partial charge on any atom is 0.239 e. The highest BCUT2D eigenvalue weighted by molar-refractivity contribution is 6.09. The predicted molar refractivity (Wildman–Crippen MR) is 80.4 cm³/mol. The van der Waals surface area contributed by atoms with Gasteiger partial charge in [-0.2, -0.15) is 0 Å². The normalized spacial score (nSPS) is 11.3. The minimum atomic E-state index is -1.28. The second-order valence-corrected chi connectivity index (χ2v) is 5.62. The first-order chi connectivity index (χ1) is 9.75. The summed E-state index contributed by atoms with van der Waals surface area (Å²) in [4.78, 5) is 26.2. The Morgan fingerprint density at radius 1 is 1.19 bits per heavy atom. The number of hydrogen-bond donors (Lipinski definition) is 2. The van der Waals surface area contributed by atoms with E-state index in [2.05, 4.69) is 10.6 Å². The minimum Gasteiger partial charge on any atom is -0.354 e. The lowest BCUT2D eigenvalue weighted by atomic mass is 9.91. The largest absolute Gasteiger partial charge is 0.354 e. The lowest BCUT2D eigenvalue weighted by Crippen LogP contribution is -2.46. The first kappa shape index (κ1) is 17.1. The summed E-state index contributed by atoms with van der Waals surface area (Å²) in [6.45, 7) is 4.14. The van der Waals surface area contributed by atoms with Gasteiger partial charge in [0.05, 0.1) is 5.69 Å². The fraction of sp³-hybridized carbons (Fsp3) is 0.467. The molecule has 116 valence electrons. The summed E-state index contributed by atoms with van der Waals surface area (Å²) < 4.78 is 13.5. The highest BCUT2D eigenvalue weighted by Crippen LogP contribution is 2.20. The number of anilines is 1. The molecule has 1 aromatic rings. The third-order valence-electron chi connectivity index (χ3n) is 3.10. The Morgan fingerprint density at radius 2 is 1.81 bits per heavy atom. The second kappa shape index (κ2) is 7.17. The van der Waals surface area contributed by atoms with Gasteiger partial charge in [-0.05, 0) is 40.1 Å². The molecular formula is C15H22FN3O2. The zero-order valence-corrected chi connectivity index (χ0v) is 12.9. The van der Waals surface area contributed by atoms with Gasteiger partial charge in [-0.1, -0.05) is 12.1 Å². The SMILES string of the molecule is CN(C)CCNC(=O)C(C)(C)C(=O)Nc1ccccc1F. The quantitative estimate of drug-likeness (QED) is 0.781. The molecule has 0 atom stereocenters. The lowest BCUT2D eigenvalue weighted by molar-refractivity contribution is -0.138. The van der Waals surface area contributed by atoms with Crippen molar-refractivity contribution in [1.82, 2.24) is 10.2 Å². The third kappa shape index (κ3) is 4.82. The van der Waals surface area contributed by atoms with E-state index in [1.165, 1.54) is 32.0 Å². The highest BCUT2D eigenvalue weighted by atomic mass is 19.1. The van der Waals surface area contributed by atoms with Crippen LogP contribution in [0, 0.1) is 11.2 Å². The Balaban J connectivity index is 2.66. The van der Waals surface area contributed by atoms with Crippen LogP contribution >= 0.6 is 0 Å². The van der Waals surface area contributed by atoms with Crippen LogP contribution in [0.1, 0.15) is 13.8 Å². The molecule has 2 N–H and O–H groups in total. The lowest BCUT2D eigenvalue weighted by Gasteiger charge is -2.23. The van der Waals surface area contributed by atoms with E-state index in [1.807, 2.05) is 19.0 Å². The van der Waals surface area contributed by atoms with Gasteiger partial charge in [0.1, 0.15) is 11.2 Å². The van der Waals surface area contributed by atoms with Crippen LogP contribution in [0.25, 0.3) is 0 Å². The van der Waals surface area contributed by atoms with Crippen LogP contribution in [0.4, 0.5) is 10.1 Å². The van der Waals surface area contributed by atoms with Crippen molar-refractivity contribution in [2.45, 2.75) is 13.8 Å². The molecular weight excluding hydrogens is 273 g/mol. The van der Waals surface area contributed by atoms with Crippen molar-refractivity contribution in [3.8, 4) is 0 Å². The van der Waals surface area contributed by atoms with Crippen LogP contribution in [0.15, 0.2) is 24.3 Å². The number of carbonyl (C=O) groups excluding carboxylic acids is 2. The number of carbonyl (C=O) groups is 2. The van der Waals surface area contributed by atoms with Crippen LogP contribution in [0.2, 0.25) is 0 Å². The van der Waals surface area contributed by atoms with E-state index in [0.717, 1.165) is 0 Å². The van der Waals surface area contributed by atoms with Gasteiger partial charge in [-0.25, -0.2) is 4.39 Å². The van der Waals surface area contributed by atoms with E-state index in [4.69, 9.17) is 0 Å². The number of halogens is 1. The summed E-state index contributed by atoms with van der Waals surface area (Å²) in [5.74, 6) is -1.47. The van der Waals surface area contributed by atoms with Crippen molar-refractivity contribution >= 4 is 17.5 Å². The Bertz CT molecular complexity index is 515. The number of amides is 2. The molecule has 5 nitrogen and oxygen atoms in total. The van der Waals surface area contributed by atoms with E-state index in [-0.39, 0.29) is 5.69 Å². The molecule has 0 saturated carbocycles. The predicted octanol–water partition coefficient (Wildman–Crippen LogP) is 1.47. The second-order valence-electron chi connectivity index (χ2n) is 5.62. The summed E-state index contributed by atoms with van der Waals surface area (Å²) in [7, 11) is 3.78. The molecule has 1 aromatic carbocycles. The number of para-hydroxylation sites is 1. The molecule has 0 aliphatic rings. The number of hydrogen-bond acceptors (Lipinski definition) is 3. The summed E-state index contributed by atoms with van der Waals surface area (Å²) in [6, 6.07) is 5.85. The first-order valence-electron chi connectivity index (χ1n) is 6.74. The maximum absolute atomic E-state index is 13.5. The highest BCUT2D eigenvalue weighted by Gasteiger charge is 2.36. The average molecular weight is 295 g/mol. The van der Waals surface area contributed by atoms with E-state index in [9.17, 15) is 14.0 Å². The van der Waals surface area contributed by atoms with Crippen LogP contribution < -0.4 is 10.6 Å². The summed E-state index contributed by atoms with van der Waals surface area (Å²) in [5, 5.41) is 5.15. The van der Waals surface area contributed by atoms with Crippen LogP contribution in [-0.2, 0) is 9.59 Å². The molecule has 0 bridgehead atoms. The zero-order valence-electron chi connectivity index (χ0n) is 12.9. The topological polar surface area (TPSA) is 61.4 Å². The fourth-order valence-corrected chi connectivity index (χ4v) is 1.56. The van der Waals surface area contributed by atoms with Crippen LogP contribution in [0.5, 0.6) is 0 Å². The Kier molecular flexibility index (Phi) is 5.84. The van der Waals surface area contributed by atoms with E-state index in [0.29, 0.717) is 13.1 Å². The number of likely N-dealkylation sites (N-methyl/N-ethyl adjacent to an activating group) is 1. The van der Waals surface area contributed by atoms with E-state index in [1.54, 1.807) is 6.07 Å². The zero-order chi connectivity index (χ0) is 16.0. The van der Waals surface area contributed by atoms with Gasteiger partial charge in [0.2, 0.25) is 11.8 Å². The summed E-state index contributed by atoms with van der Waals surface area (Å²) in [6.07, 6.45) is 0. The van der Waals surface area contributed by atoms with Crippen LogP contribution in [0.3, 0.4) is 0 Å². The molecule has 0 aromatic heterocycles. The van der Waals surface area contributed by atoms with Crippen molar-refractivity contribution in [1.29, 1.82) is 0 Å². The molecule has 0 fully saturated rings. The first-order valence-corrected chi connectivity index (χ1v) is 6.74. The molecule has 0 aliphatic carbocycles. The summed E-state index contributed by atoms with van der Waals surface area (Å²) >= 11 is 0. The van der Waals surface area contributed by atoms with E-state index >= 15 is 0 Å². The van der Waals surface area contributed by atoms with E-state index < -0.39 is 23.0 Å². The fourth-order valence-electron chi connectivity index (χ4n) is 1.56. The van der Waals surface area contributed by atoms with Crippen molar-refractivity contribution in [2.75, 3.05) is 32.5 Å². The molecule has 0 unspecified atom stereocenters. The smallest absolute Gasteiger partial charge is 0.239 e. The van der Waals surface area contributed by atoms with Gasteiger partial charge in [0.15, 0.2) is 0 Å². The molecule has 2 amide bonds. The third-order valence-corrected chi connectivity index (χ3v) is 3.10. The molecule has 0 radical (unpaired) electrons. The molecule has 0 aliphatic heterocycles.